The molecule has 0 amide bonds. The Morgan fingerprint density at radius 3 is 1.62 bits per heavy atom. The van der Waals surface area contributed by atoms with Crippen LogP contribution in [-0.4, -0.2) is 22.7 Å². The van der Waals surface area contributed by atoms with Gasteiger partial charge in [-0.2, -0.15) is 0 Å². The summed E-state index contributed by atoms with van der Waals surface area (Å²) in [5.74, 6) is 0. The molecule has 0 spiro atoms. The second-order valence-electron chi connectivity index (χ2n) is 2.02. The Balaban J connectivity index is -0.000000125. The average Bonchev–Trinajstić information content (AvgIpc) is 1.35. The van der Waals surface area contributed by atoms with Crippen molar-refractivity contribution in [2.75, 3.05) is 6.54 Å². The quantitative estimate of drug-likeness (QED) is 0.377. The second-order valence-corrected chi connectivity index (χ2v) is 2.02. The average molecular weight is 145 g/mol. The number of rotatable bonds is 1. The van der Waals surface area contributed by atoms with E-state index in [4.69, 9.17) is 10.8 Å². The molecule has 3 nitrogen and oxygen atoms in total. The van der Waals surface area contributed by atoms with E-state index in [0.717, 1.165) is 0 Å². The first-order valence-corrected chi connectivity index (χ1v) is 1.99. The van der Waals surface area contributed by atoms with Gasteiger partial charge < -0.3 is 16.3 Å². The van der Waals surface area contributed by atoms with Crippen molar-refractivity contribution in [2.45, 2.75) is 19.4 Å². The van der Waals surface area contributed by atoms with Crippen LogP contribution in [0.4, 0.5) is 0 Å². The smallest absolute Gasteiger partial charge is 0.870 e. The van der Waals surface area contributed by atoms with Gasteiger partial charge in [-0.15, -0.1) is 0 Å². The maximum absolute atomic E-state index is 8.70. The molecule has 0 radical (unpaired) electrons. The van der Waals surface area contributed by atoms with Crippen LogP contribution < -0.4 is 57.1 Å². The van der Waals surface area contributed by atoms with Crippen LogP contribution in [0.15, 0.2) is 0 Å². The van der Waals surface area contributed by atoms with E-state index in [1.165, 1.54) is 0 Å². The van der Waals surface area contributed by atoms with Gasteiger partial charge in [0.25, 0.3) is 0 Å². The molecule has 0 unspecified atom stereocenters. The molecule has 0 aromatic carbocycles. The van der Waals surface area contributed by atoms with Crippen molar-refractivity contribution < 1.29 is 62.0 Å². The van der Waals surface area contributed by atoms with E-state index < -0.39 is 5.60 Å². The van der Waals surface area contributed by atoms with E-state index in [2.05, 4.69) is 0 Å². The number of hydrogen-bond donors (Lipinski definition) is 2. The predicted molar refractivity (Wildman–Crippen MR) is 27.3 cm³/mol. The Kier molecular flexibility index (Phi) is 13.5. The molecule has 0 atom stereocenters. The Morgan fingerprint density at radius 1 is 1.50 bits per heavy atom. The maximum Gasteiger partial charge on any atom is 1.00 e. The van der Waals surface area contributed by atoms with Crippen LogP contribution in [0.25, 0.3) is 0 Å². The van der Waals surface area contributed by atoms with Gasteiger partial charge in [0.2, 0.25) is 0 Å². The van der Waals surface area contributed by atoms with Gasteiger partial charge >= 0.3 is 51.4 Å². The SMILES string of the molecule is CC(C)(O)CN.[K+].[OH-]. The van der Waals surface area contributed by atoms with Gasteiger partial charge in [0.1, 0.15) is 0 Å². The molecular formula is C4H12KNO2. The zero-order valence-corrected chi connectivity index (χ0v) is 8.80. The van der Waals surface area contributed by atoms with Crippen LogP contribution in [0.5, 0.6) is 0 Å². The molecule has 4 N–H and O–H groups in total. The van der Waals surface area contributed by atoms with Crippen molar-refractivity contribution in [3.05, 3.63) is 0 Å². The topological polar surface area (TPSA) is 76.2 Å². The fourth-order valence-corrected chi connectivity index (χ4v) is 0. The maximum atomic E-state index is 8.70. The standard InChI is InChI=1S/C4H11NO.K.H2O/c1-4(2,6)3-5;;/h6H,3,5H2,1-2H3;;1H2/q;+1;/p-1. The molecular weight excluding hydrogens is 133 g/mol. The molecule has 0 aliphatic heterocycles. The predicted octanol–water partition coefficient (Wildman–Crippen LogP) is -3.46. The Labute approximate surface area is 92.4 Å². The Bertz CT molecular complexity index is 43.8. The van der Waals surface area contributed by atoms with Gasteiger partial charge in [-0.1, -0.05) is 0 Å². The Morgan fingerprint density at radius 2 is 1.62 bits per heavy atom. The first-order valence-electron chi connectivity index (χ1n) is 1.99. The van der Waals surface area contributed by atoms with Gasteiger partial charge in [-0.25, -0.2) is 0 Å². The van der Waals surface area contributed by atoms with E-state index in [9.17, 15) is 0 Å². The van der Waals surface area contributed by atoms with E-state index in [0.29, 0.717) is 6.54 Å². The molecule has 0 aliphatic rings. The summed E-state index contributed by atoms with van der Waals surface area (Å²) >= 11 is 0. The molecule has 0 aliphatic carbocycles. The van der Waals surface area contributed by atoms with Crippen LogP contribution in [0, 0.1) is 0 Å². The third-order valence-electron chi connectivity index (χ3n) is 0.500. The van der Waals surface area contributed by atoms with Crippen molar-refractivity contribution in [1.29, 1.82) is 0 Å². The first kappa shape index (κ1) is 16.3. The molecule has 0 saturated carbocycles. The molecule has 0 aromatic heterocycles. The van der Waals surface area contributed by atoms with Crippen LogP contribution in [0.3, 0.4) is 0 Å². The summed E-state index contributed by atoms with van der Waals surface area (Å²) in [4.78, 5) is 0. The normalized spacial score (nSPS) is 9.00. The van der Waals surface area contributed by atoms with Gasteiger partial charge in [0, 0.05) is 6.54 Å². The van der Waals surface area contributed by atoms with Gasteiger partial charge in [-0.05, 0) is 13.8 Å². The third kappa shape index (κ3) is 15.6. The molecule has 0 heterocycles. The van der Waals surface area contributed by atoms with Crippen molar-refractivity contribution in [3.8, 4) is 0 Å². The van der Waals surface area contributed by atoms with E-state index in [-0.39, 0.29) is 56.9 Å². The van der Waals surface area contributed by atoms with Crippen molar-refractivity contribution >= 4 is 0 Å². The van der Waals surface area contributed by atoms with Crippen molar-refractivity contribution in [2.24, 2.45) is 5.73 Å². The summed E-state index contributed by atoms with van der Waals surface area (Å²) in [6.45, 7) is 3.67. The van der Waals surface area contributed by atoms with Gasteiger partial charge in [0.05, 0.1) is 5.60 Å². The summed E-state index contributed by atoms with van der Waals surface area (Å²) in [5, 5.41) is 8.70. The van der Waals surface area contributed by atoms with Crippen LogP contribution in [-0.2, 0) is 0 Å². The summed E-state index contributed by atoms with van der Waals surface area (Å²) in [6, 6.07) is 0. The van der Waals surface area contributed by atoms with Crippen LogP contribution >= 0.6 is 0 Å². The summed E-state index contributed by atoms with van der Waals surface area (Å²) < 4.78 is 0. The van der Waals surface area contributed by atoms with Crippen LogP contribution in [0.2, 0.25) is 0 Å². The second kappa shape index (κ2) is 6.63. The molecule has 46 valence electrons. The Hall–Kier alpha value is 1.52. The van der Waals surface area contributed by atoms with E-state index in [1.807, 2.05) is 0 Å². The van der Waals surface area contributed by atoms with Gasteiger partial charge in [-0.3, -0.25) is 0 Å². The minimum Gasteiger partial charge on any atom is -0.870 e. The number of aliphatic hydroxyl groups is 1. The van der Waals surface area contributed by atoms with E-state index >= 15 is 0 Å². The molecule has 0 aromatic rings. The summed E-state index contributed by atoms with van der Waals surface area (Å²) in [6.07, 6.45) is 0. The fourth-order valence-electron chi connectivity index (χ4n) is 0. The van der Waals surface area contributed by atoms with Crippen molar-refractivity contribution in [3.63, 3.8) is 0 Å². The molecule has 0 bridgehead atoms. The first-order chi connectivity index (χ1) is 2.56. The monoisotopic (exact) mass is 145 g/mol. The molecule has 0 saturated heterocycles. The van der Waals surface area contributed by atoms with Gasteiger partial charge in [0.15, 0.2) is 0 Å². The van der Waals surface area contributed by atoms with Crippen LogP contribution in [0.1, 0.15) is 13.8 Å². The minimum absolute atomic E-state index is 0. The minimum atomic E-state index is -0.681. The van der Waals surface area contributed by atoms with E-state index in [1.54, 1.807) is 13.8 Å². The molecule has 4 heteroatoms. The zero-order valence-electron chi connectivity index (χ0n) is 5.68. The number of nitrogens with two attached hydrogens (primary N) is 1. The molecule has 0 fully saturated rings. The fraction of sp³-hybridized carbons (Fsp3) is 1.00. The number of hydrogen-bond acceptors (Lipinski definition) is 3. The van der Waals surface area contributed by atoms with Crippen molar-refractivity contribution in [1.82, 2.24) is 0 Å². The third-order valence-corrected chi connectivity index (χ3v) is 0.500. The summed E-state index contributed by atoms with van der Waals surface area (Å²) in [7, 11) is 0. The largest absolute Gasteiger partial charge is 1.00 e. The zero-order chi connectivity index (χ0) is 5.21. The molecule has 0 rings (SSSR count). The molecule has 8 heavy (non-hydrogen) atoms. The summed E-state index contributed by atoms with van der Waals surface area (Å²) in [5.41, 5.74) is 4.38.